The minimum Gasteiger partial charge on any atom is -0.476 e. The number of thioether (sulfide) groups is 1. The summed E-state index contributed by atoms with van der Waals surface area (Å²) in [5, 5.41) is 25.5. The zero-order valence-corrected chi connectivity index (χ0v) is 16.2. The van der Waals surface area contributed by atoms with Crippen molar-refractivity contribution >= 4 is 45.7 Å². The van der Waals surface area contributed by atoms with Crippen LogP contribution < -0.4 is 10.6 Å². The number of hydrogen-bond donors (Lipinski definition) is 5. The number of rotatable bonds is 7. The highest BCUT2D eigenvalue weighted by molar-refractivity contribution is 8.00. The van der Waals surface area contributed by atoms with Gasteiger partial charge in [0.25, 0.3) is 0 Å². The second kappa shape index (κ2) is 6.95. The molecule has 4 amide bonds. The molecule has 0 aromatic carbocycles. The molecule has 14 heteroatoms. The van der Waals surface area contributed by atoms with E-state index in [-0.39, 0.29) is 36.2 Å². The molecule has 3 fully saturated rings. The maximum atomic E-state index is 12.1. The van der Waals surface area contributed by atoms with Crippen LogP contribution in [0.3, 0.4) is 0 Å². The quantitative estimate of drug-likeness (QED) is 0.109. The number of likely N-dealkylation sites (tertiary alicyclic amines) is 1. The molecule has 3 aliphatic rings. The minimum atomic E-state index is -5.56. The summed E-state index contributed by atoms with van der Waals surface area (Å²) in [5.41, 5.74) is 0. The number of imide groups is 1. The van der Waals surface area contributed by atoms with Crippen LogP contribution in [-0.4, -0.2) is 79.7 Å². The van der Waals surface area contributed by atoms with Gasteiger partial charge in [0.1, 0.15) is 0 Å². The van der Waals surface area contributed by atoms with E-state index in [1.54, 1.807) is 0 Å². The van der Waals surface area contributed by atoms with E-state index >= 15 is 0 Å². The Hall–Kier alpha value is -1.74. The van der Waals surface area contributed by atoms with E-state index in [0.717, 1.165) is 0 Å². The Morgan fingerprint density at radius 1 is 1.21 bits per heavy atom. The number of amides is 4. The van der Waals surface area contributed by atoms with Crippen molar-refractivity contribution in [3.05, 3.63) is 0 Å². The van der Waals surface area contributed by atoms with E-state index in [9.17, 15) is 42.5 Å². The van der Waals surface area contributed by atoms with Gasteiger partial charge in [0.15, 0.2) is 0 Å². The summed E-state index contributed by atoms with van der Waals surface area (Å²) in [6, 6.07) is -0.660. The molecule has 0 bridgehead atoms. The SMILES string of the molecule is O=C1N[C@H]2[C@H](CS[C@H]2CCCC(C(=O)O)([N+]2(O)C(=O)CCC2=O)S(=O)(=O)O)N1. The Morgan fingerprint density at radius 3 is 2.36 bits per heavy atom. The fraction of sp³-hybridized carbons (Fsp3) is 0.714. The molecule has 1 unspecified atom stereocenters. The van der Waals surface area contributed by atoms with E-state index < -0.39 is 56.7 Å². The predicted octanol–water partition coefficient (Wildman–Crippen LogP) is -0.956. The number of carboxylic acid groups (broad SMARTS) is 1. The van der Waals surface area contributed by atoms with Crippen molar-refractivity contribution in [1.82, 2.24) is 10.6 Å². The third kappa shape index (κ3) is 2.90. The van der Waals surface area contributed by atoms with Crippen molar-refractivity contribution in [3.8, 4) is 0 Å². The van der Waals surface area contributed by atoms with Crippen LogP contribution in [0.25, 0.3) is 0 Å². The molecule has 12 nitrogen and oxygen atoms in total. The molecule has 0 aromatic rings. The number of quaternary nitrogens is 1. The molecule has 156 valence electrons. The summed E-state index contributed by atoms with van der Waals surface area (Å²) in [6.07, 6.45) is -1.81. The lowest BCUT2D eigenvalue weighted by Crippen LogP contribution is -2.72. The highest BCUT2D eigenvalue weighted by atomic mass is 32.2. The number of nitrogens with one attached hydrogen (secondary N) is 2. The number of urea groups is 1. The van der Waals surface area contributed by atoms with E-state index in [4.69, 9.17) is 0 Å². The van der Waals surface area contributed by atoms with Crippen LogP contribution >= 0.6 is 11.8 Å². The smallest absolute Gasteiger partial charge is 0.389 e. The number of hydrogen-bond acceptors (Lipinski definition) is 8. The Morgan fingerprint density at radius 2 is 1.82 bits per heavy atom. The van der Waals surface area contributed by atoms with Crippen LogP contribution in [-0.2, 0) is 24.5 Å². The van der Waals surface area contributed by atoms with Gasteiger partial charge in [-0.25, -0.2) is 19.2 Å². The van der Waals surface area contributed by atoms with Crippen molar-refractivity contribution in [2.45, 2.75) is 54.3 Å². The van der Waals surface area contributed by atoms with Crippen LogP contribution in [0.2, 0.25) is 0 Å². The van der Waals surface area contributed by atoms with Crippen LogP contribution in [0.15, 0.2) is 0 Å². The normalized spacial score (nSPS) is 31.2. The molecule has 0 spiro atoms. The number of aliphatic carboxylic acids is 1. The fourth-order valence-electron chi connectivity index (χ4n) is 4.08. The molecule has 3 heterocycles. The largest absolute Gasteiger partial charge is 0.476 e. The standard InChI is InChI=1S/C14H19N3O9S2/c18-9-3-4-10(19)17(9,23)14(12(20)21,28(24,25)26)5-1-2-8-11-7(6-27-8)15-13(22)16-11/h7-8,11,23H,1-6H2,(H3-,15,16,20,21,22,24,25,26)/p+1/t7-,8-,11-,14?/m0/s1. The van der Waals surface area contributed by atoms with Gasteiger partial charge >= 0.3 is 38.8 Å². The van der Waals surface area contributed by atoms with Gasteiger partial charge < -0.3 is 15.7 Å². The highest BCUT2D eigenvalue weighted by Gasteiger charge is 2.75. The molecular weight excluding hydrogens is 418 g/mol. The Balaban J connectivity index is 1.85. The van der Waals surface area contributed by atoms with Crippen molar-refractivity contribution in [2.24, 2.45) is 0 Å². The Bertz CT molecular complexity index is 829. The predicted molar refractivity (Wildman–Crippen MR) is 92.6 cm³/mol. The van der Waals surface area contributed by atoms with Crippen molar-refractivity contribution in [1.29, 1.82) is 0 Å². The molecule has 0 aromatic heterocycles. The zero-order chi connectivity index (χ0) is 20.9. The number of carbonyl (C=O) groups excluding carboxylic acids is 3. The average Bonchev–Trinajstić information content (AvgIpc) is 3.20. The minimum absolute atomic E-state index is 0.105. The van der Waals surface area contributed by atoms with Gasteiger partial charge in [-0.3, -0.25) is 4.55 Å². The first-order chi connectivity index (χ1) is 12.9. The van der Waals surface area contributed by atoms with Crippen molar-refractivity contribution < 1.29 is 47.1 Å². The van der Waals surface area contributed by atoms with E-state index in [1.165, 1.54) is 11.8 Å². The molecule has 3 saturated heterocycles. The highest BCUT2D eigenvalue weighted by Crippen LogP contribution is 2.41. The van der Waals surface area contributed by atoms with Gasteiger partial charge in [0, 0.05) is 17.4 Å². The summed E-state index contributed by atoms with van der Waals surface area (Å²) >= 11 is 1.50. The first kappa shape index (κ1) is 21.0. The first-order valence-electron chi connectivity index (χ1n) is 8.53. The topological polar surface area (TPSA) is 187 Å². The second-order valence-corrected chi connectivity index (χ2v) is 9.90. The summed E-state index contributed by atoms with van der Waals surface area (Å²) in [7, 11) is -5.56. The number of nitrogens with zero attached hydrogens (tertiary/aromatic N) is 1. The molecule has 5 N–H and O–H groups in total. The van der Waals surface area contributed by atoms with Crippen molar-refractivity contribution in [2.75, 3.05) is 5.75 Å². The number of hydroxylamine groups is 3. The lowest BCUT2D eigenvalue weighted by atomic mass is 10.0. The summed E-state index contributed by atoms with van der Waals surface area (Å²) in [6.45, 7) is 0. The Kier molecular flexibility index (Phi) is 5.21. The number of carbonyl (C=O) groups is 4. The van der Waals surface area contributed by atoms with Crippen LogP contribution in [0.5, 0.6) is 0 Å². The second-order valence-electron chi connectivity index (χ2n) is 7.00. The maximum Gasteiger partial charge on any atom is 0.389 e. The molecule has 4 atom stereocenters. The van der Waals surface area contributed by atoms with Crippen molar-refractivity contribution in [3.63, 3.8) is 0 Å². The van der Waals surface area contributed by atoms with Gasteiger partial charge in [0.2, 0.25) is 0 Å². The van der Waals surface area contributed by atoms with E-state index in [1.807, 2.05) is 0 Å². The molecule has 0 aliphatic carbocycles. The van der Waals surface area contributed by atoms with Gasteiger partial charge in [-0.1, -0.05) is 0 Å². The van der Waals surface area contributed by atoms with E-state index in [2.05, 4.69) is 10.6 Å². The molecule has 0 radical (unpaired) electrons. The zero-order valence-electron chi connectivity index (χ0n) is 14.5. The monoisotopic (exact) mass is 438 g/mol. The molecule has 28 heavy (non-hydrogen) atoms. The van der Waals surface area contributed by atoms with Crippen LogP contribution in [0.4, 0.5) is 4.79 Å². The molecular formula is C14H20N3O9S2+. The number of carboxylic acids is 1. The lowest BCUT2D eigenvalue weighted by molar-refractivity contribution is -0.993. The Labute approximate surface area is 163 Å². The maximum absolute atomic E-state index is 12.1. The summed E-state index contributed by atoms with van der Waals surface area (Å²) < 4.78 is 31.3. The average molecular weight is 438 g/mol. The van der Waals surface area contributed by atoms with Gasteiger partial charge in [-0.2, -0.15) is 25.4 Å². The lowest BCUT2D eigenvalue weighted by Gasteiger charge is -2.35. The number of fused-ring (bicyclic) bond motifs is 1. The summed E-state index contributed by atoms with van der Waals surface area (Å²) in [5.74, 6) is -4.16. The third-order valence-electron chi connectivity index (χ3n) is 5.50. The van der Waals surface area contributed by atoms with Crippen LogP contribution in [0, 0.1) is 0 Å². The van der Waals surface area contributed by atoms with Gasteiger partial charge in [-0.15, -0.1) is 0 Å². The van der Waals surface area contributed by atoms with Gasteiger partial charge in [0.05, 0.1) is 24.9 Å². The fourth-order valence-corrected chi connectivity index (χ4v) is 6.78. The molecule has 3 rings (SSSR count). The van der Waals surface area contributed by atoms with Crippen LogP contribution in [0.1, 0.15) is 32.1 Å². The third-order valence-corrected chi connectivity index (χ3v) is 8.51. The van der Waals surface area contributed by atoms with Gasteiger partial charge in [-0.05, 0) is 17.5 Å². The van der Waals surface area contributed by atoms with E-state index in [0.29, 0.717) is 5.75 Å². The molecule has 3 aliphatic heterocycles. The molecule has 0 saturated carbocycles. The summed E-state index contributed by atoms with van der Waals surface area (Å²) in [4.78, 5) is 44.1. The first-order valence-corrected chi connectivity index (χ1v) is 11.0.